The molecule has 2 heterocycles. The number of nitrogens with one attached hydrogen (secondary N) is 1. The van der Waals surface area contributed by atoms with Crippen molar-refractivity contribution >= 4 is 10.8 Å². The van der Waals surface area contributed by atoms with Gasteiger partial charge in [0.25, 0.3) is 0 Å². The first-order valence-corrected chi connectivity index (χ1v) is 7.29. The van der Waals surface area contributed by atoms with Crippen LogP contribution < -0.4 is 0 Å². The number of fused-ring (bicyclic) bond motifs is 1. The Hall–Kier alpha value is -2.94. The van der Waals surface area contributed by atoms with Crippen LogP contribution in [0.15, 0.2) is 66.7 Å². The van der Waals surface area contributed by atoms with E-state index in [1.807, 2.05) is 31.2 Å². The minimum atomic E-state index is 0.875. The molecular weight excluding hydrogens is 270 g/mol. The second-order valence-corrected chi connectivity index (χ2v) is 5.37. The molecule has 22 heavy (non-hydrogen) atoms. The average Bonchev–Trinajstić information content (AvgIpc) is 3.01. The summed E-state index contributed by atoms with van der Waals surface area (Å²) in [4.78, 5) is 4.79. The Morgan fingerprint density at radius 3 is 2.41 bits per heavy atom. The highest BCUT2D eigenvalue weighted by atomic mass is 15.1. The molecule has 0 aliphatic heterocycles. The Morgan fingerprint density at radius 1 is 0.773 bits per heavy atom. The molecular formula is C19H15N3. The zero-order valence-corrected chi connectivity index (χ0v) is 12.2. The van der Waals surface area contributed by atoms with E-state index in [0.717, 1.165) is 28.3 Å². The van der Waals surface area contributed by atoms with E-state index >= 15 is 0 Å². The van der Waals surface area contributed by atoms with Crippen LogP contribution in [0.25, 0.3) is 33.4 Å². The molecule has 106 valence electrons. The summed E-state index contributed by atoms with van der Waals surface area (Å²) in [5.41, 5.74) is 4.91. The summed E-state index contributed by atoms with van der Waals surface area (Å²) < 4.78 is 0. The molecule has 3 nitrogen and oxygen atoms in total. The van der Waals surface area contributed by atoms with Gasteiger partial charge in [0, 0.05) is 11.3 Å². The summed E-state index contributed by atoms with van der Waals surface area (Å²) in [6.07, 6.45) is 0. The Balaban J connectivity index is 1.89. The third kappa shape index (κ3) is 2.17. The lowest BCUT2D eigenvalue weighted by molar-refractivity contribution is 1.05. The molecule has 0 atom stereocenters. The zero-order chi connectivity index (χ0) is 14.9. The number of rotatable bonds is 2. The molecule has 2 aromatic carbocycles. The number of aromatic nitrogens is 3. The average molecular weight is 285 g/mol. The van der Waals surface area contributed by atoms with Crippen LogP contribution >= 0.6 is 0 Å². The van der Waals surface area contributed by atoms with Crippen LogP contribution in [0.3, 0.4) is 0 Å². The number of pyridine rings is 1. The standard InChI is InChI=1S/C19H15N3/c1-13-12-19(22-21-13)18-11-5-10-17(20-18)16-9-4-7-14-6-2-3-8-15(14)16/h2-12H,1H3,(H,21,22). The molecule has 4 aromatic rings. The minimum Gasteiger partial charge on any atom is -0.282 e. The number of benzene rings is 2. The zero-order valence-electron chi connectivity index (χ0n) is 12.2. The number of aromatic amines is 1. The molecule has 2 aromatic heterocycles. The molecule has 4 rings (SSSR count). The van der Waals surface area contributed by atoms with E-state index in [1.54, 1.807) is 0 Å². The molecule has 0 unspecified atom stereocenters. The van der Waals surface area contributed by atoms with Gasteiger partial charge < -0.3 is 0 Å². The van der Waals surface area contributed by atoms with Crippen LogP contribution in [0, 0.1) is 6.92 Å². The van der Waals surface area contributed by atoms with E-state index in [1.165, 1.54) is 10.8 Å². The van der Waals surface area contributed by atoms with Gasteiger partial charge in [-0.3, -0.25) is 5.10 Å². The molecule has 0 saturated carbocycles. The topological polar surface area (TPSA) is 41.6 Å². The van der Waals surface area contributed by atoms with Gasteiger partial charge in [-0.15, -0.1) is 0 Å². The van der Waals surface area contributed by atoms with Crippen LogP contribution in [-0.2, 0) is 0 Å². The highest BCUT2D eigenvalue weighted by Crippen LogP contribution is 2.28. The van der Waals surface area contributed by atoms with Crippen LogP contribution in [-0.4, -0.2) is 15.2 Å². The molecule has 1 N–H and O–H groups in total. The highest BCUT2D eigenvalue weighted by Gasteiger charge is 2.08. The van der Waals surface area contributed by atoms with Crippen molar-refractivity contribution in [3.05, 3.63) is 72.4 Å². The van der Waals surface area contributed by atoms with Crippen molar-refractivity contribution in [1.82, 2.24) is 15.2 Å². The molecule has 0 spiro atoms. The summed E-state index contributed by atoms with van der Waals surface area (Å²) >= 11 is 0. The molecule has 0 aliphatic rings. The van der Waals surface area contributed by atoms with Crippen molar-refractivity contribution in [2.75, 3.05) is 0 Å². The maximum Gasteiger partial charge on any atom is 0.111 e. The predicted octanol–water partition coefficient (Wildman–Crippen LogP) is 4.60. The van der Waals surface area contributed by atoms with E-state index in [9.17, 15) is 0 Å². The first-order chi connectivity index (χ1) is 10.8. The summed E-state index contributed by atoms with van der Waals surface area (Å²) in [5.74, 6) is 0. The summed E-state index contributed by atoms with van der Waals surface area (Å²) in [7, 11) is 0. The van der Waals surface area contributed by atoms with E-state index in [2.05, 4.69) is 52.7 Å². The molecule has 0 aliphatic carbocycles. The monoisotopic (exact) mass is 285 g/mol. The quantitative estimate of drug-likeness (QED) is 0.584. The number of nitrogens with zero attached hydrogens (tertiary/aromatic N) is 2. The van der Waals surface area contributed by atoms with Crippen molar-refractivity contribution in [3.63, 3.8) is 0 Å². The number of H-pyrrole nitrogens is 1. The number of aryl methyl sites for hydroxylation is 1. The van der Waals surface area contributed by atoms with Gasteiger partial charge in [0.2, 0.25) is 0 Å². The van der Waals surface area contributed by atoms with Gasteiger partial charge in [0.15, 0.2) is 0 Å². The van der Waals surface area contributed by atoms with Gasteiger partial charge in [0.1, 0.15) is 5.69 Å². The van der Waals surface area contributed by atoms with Crippen LogP contribution in [0.2, 0.25) is 0 Å². The van der Waals surface area contributed by atoms with Crippen molar-refractivity contribution in [2.45, 2.75) is 6.92 Å². The van der Waals surface area contributed by atoms with Crippen LogP contribution in [0.4, 0.5) is 0 Å². The lowest BCUT2D eigenvalue weighted by Gasteiger charge is -2.07. The molecule has 0 amide bonds. The van der Waals surface area contributed by atoms with E-state index in [0.29, 0.717) is 0 Å². The fourth-order valence-corrected chi connectivity index (χ4v) is 2.73. The molecule has 3 heteroatoms. The Labute approximate surface area is 128 Å². The fraction of sp³-hybridized carbons (Fsp3) is 0.0526. The van der Waals surface area contributed by atoms with E-state index in [4.69, 9.17) is 4.98 Å². The first kappa shape index (κ1) is 12.8. The smallest absolute Gasteiger partial charge is 0.111 e. The molecule has 0 saturated heterocycles. The van der Waals surface area contributed by atoms with Crippen molar-refractivity contribution in [1.29, 1.82) is 0 Å². The number of hydrogen-bond donors (Lipinski definition) is 1. The molecule has 0 fully saturated rings. The Kier molecular flexibility index (Phi) is 2.97. The van der Waals surface area contributed by atoms with Gasteiger partial charge in [-0.25, -0.2) is 4.98 Å². The fourth-order valence-electron chi connectivity index (χ4n) is 2.73. The third-order valence-electron chi connectivity index (χ3n) is 3.78. The Morgan fingerprint density at radius 2 is 1.55 bits per heavy atom. The highest BCUT2D eigenvalue weighted by molar-refractivity contribution is 5.95. The maximum absolute atomic E-state index is 4.79. The summed E-state index contributed by atoms with van der Waals surface area (Å²) in [6, 6.07) is 22.8. The maximum atomic E-state index is 4.79. The lowest BCUT2D eigenvalue weighted by Crippen LogP contribution is -1.89. The second-order valence-electron chi connectivity index (χ2n) is 5.37. The first-order valence-electron chi connectivity index (χ1n) is 7.29. The van der Waals surface area contributed by atoms with Crippen LogP contribution in [0.1, 0.15) is 5.69 Å². The van der Waals surface area contributed by atoms with Crippen molar-refractivity contribution in [2.24, 2.45) is 0 Å². The summed E-state index contributed by atoms with van der Waals surface area (Å²) in [6.45, 7) is 1.99. The normalized spacial score (nSPS) is 11.0. The van der Waals surface area contributed by atoms with Crippen LogP contribution in [0.5, 0.6) is 0 Å². The van der Waals surface area contributed by atoms with E-state index in [-0.39, 0.29) is 0 Å². The molecule has 0 radical (unpaired) electrons. The number of hydrogen-bond acceptors (Lipinski definition) is 2. The van der Waals surface area contributed by atoms with Crippen molar-refractivity contribution < 1.29 is 0 Å². The van der Waals surface area contributed by atoms with Gasteiger partial charge >= 0.3 is 0 Å². The van der Waals surface area contributed by atoms with Gasteiger partial charge in [-0.1, -0.05) is 48.5 Å². The molecule has 0 bridgehead atoms. The largest absolute Gasteiger partial charge is 0.282 e. The van der Waals surface area contributed by atoms with Gasteiger partial charge in [-0.2, -0.15) is 5.10 Å². The van der Waals surface area contributed by atoms with Gasteiger partial charge in [-0.05, 0) is 35.9 Å². The minimum absolute atomic E-state index is 0.875. The lowest BCUT2D eigenvalue weighted by atomic mass is 10.0. The summed E-state index contributed by atoms with van der Waals surface area (Å²) in [5, 5.41) is 9.70. The predicted molar refractivity (Wildman–Crippen MR) is 89.5 cm³/mol. The SMILES string of the molecule is Cc1cc(-c2cccc(-c3cccc4ccccc34)n2)n[nH]1. The third-order valence-corrected chi connectivity index (χ3v) is 3.78. The van der Waals surface area contributed by atoms with E-state index < -0.39 is 0 Å². The second kappa shape index (κ2) is 5.11. The van der Waals surface area contributed by atoms with Crippen molar-refractivity contribution in [3.8, 4) is 22.6 Å². The van der Waals surface area contributed by atoms with Gasteiger partial charge in [0.05, 0.1) is 11.4 Å². The Bertz CT molecular complexity index is 948.